The van der Waals surface area contributed by atoms with Crippen LogP contribution < -0.4 is 5.32 Å². The van der Waals surface area contributed by atoms with Crippen molar-refractivity contribution in [3.63, 3.8) is 0 Å². The zero-order chi connectivity index (χ0) is 17.5. The standard InChI is InChI=1S/C20H19N5O/c26-20(24-11-16-9-15-3-1-2-4-18(15)19(16)24)22-10-14-5-7-17(8-6-14)25-13-21-12-23-25/h1-8,12-13,16,19H,9-11H2,(H,22,26)/t16-,19+/m0/s1. The molecule has 0 unspecified atom stereocenters. The van der Waals surface area contributed by atoms with Gasteiger partial charge in [0.15, 0.2) is 0 Å². The van der Waals surface area contributed by atoms with Gasteiger partial charge in [-0.15, -0.1) is 0 Å². The number of benzene rings is 2. The van der Waals surface area contributed by atoms with E-state index in [9.17, 15) is 4.79 Å². The maximum absolute atomic E-state index is 12.6. The Labute approximate surface area is 151 Å². The highest BCUT2D eigenvalue weighted by atomic mass is 16.2. The van der Waals surface area contributed by atoms with Crippen molar-refractivity contribution in [1.82, 2.24) is 25.0 Å². The molecule has 0 bridgehead atoms. The fourth-order valence-corrected chi connectivity index (χ4v) is 4.07. The second-order valence-electron chi connectivity index (χ2n) is 6.93. The Morgan fingerprint density at radius 2 is 2.00 bits per heavy atom. The van der Waals surface area contributed by atoms with Gasteiger partial charge in [0, 0.05) is 19.0 Å². The Hall–Kier alpha value is -3.15. The van der Waals surface area contributed by atoms with Crippen molar-refractivity contribution in [1.29, 1.82) is 0 Å². The average molecular weight is 345 g/mol. The average Bonchev–Trinajstić information content (AvgIpc) is 3.27. The summed E-state index contributed by atoms with van der Waals surface area (Å²) >= 11 is 0. The quantitative estimate of drug-likeness (QED) is 0.794. The van der Waals surface area contributed by atoms with Crippen LogP contribution in [0.4, 0.5) is 4.79 Å². The Balaban J connectivity index is 1.22. The minimum atomic E-state index is 0.0169. The molecule has 1 aromatic heterocycles. The minimum absolute atomic E-state index is 0.0169. The zero-order valence-corrected chi connectivity index (χ0v) is 14.2. The number of amides is 2. The molecule has 1 aliphatic carbocycles. The zero-order valence-electron chi connectivity index (χ0n) is 14.2. The van der Waals surface area contributed by atoms with Gasteiger partial charge in [-0.05, 0) is 35.2 Å². The molecule has 3 aromatic rings. The van der Waals surface area contributed by atoms with E-state index in [1.807, 2.05) is 29.2 Å². The summed E-state index contributed by atoms with van der Waals surface area (Å²) in [5.41, 5.74) is 4.72. The molecule has 130 valence electrons. The molecule has 5 rings (SSSR count). The lowest BCUT2D eigenvalue weighted by molar-refractivity contribution is 0.0615. The molecule has 2 heterocycles. The molecule has 2 amide bonds. The molecule has 26 heavy (non-hydrogen) atoms. The maximum Gasteiger partial charge on any atom is 0.318 e. The lowest BCUT2D eigenvalue weighted by Gasteiger charge is -2.44. The topological polar surface area (TPSA) is 63.1 Å². The molecular formula is C20H19N5O. The van der Waals surface area contributed by atoms with E-state index in [0.717, 1.165) is 24.2 Å². The summed E-state index contributed by atoms with van der Waals surface area (Å²) in [7, 11) is 0. The van der Waals surface area contributed by atoms with Crippen LogP contribution in [-0.2, 0) is 13.0 Å². The van der Waals surface area contributed by atoms with Crippen molar-refractivity contribution in [3.05, 3.63) is 77.9 Å². The summed E-state index contributed by atoms with van der Waals surface area (Å²) < 4.78 is 1.71. The third-order valence-electron chi connectivity index (χ3n) is 5.39. The molecule has 2 aromatic carbocycles. The van der Waals surface area contributed by atoms with Crippen LogP contribution in [0, 0.1) is 5.92 Å². The Kier molecular flexibility index (Phi) is 3.48. The highest BCUT2D eigenvalue weighted by Gasteiger charge is 2.47. The van der Waals surface area contributed by atoms with Gasteiger partial charge in [-0.1, -0.05) is 36.4 Å². The predicted octanol–water partition coefficient (Wildman–Crippen LogP) is 2.71. The second-order valence-corrected chi connectivity index (χ2v) is 6.93. The van der Waals surface area contributed by atoms with Crippen LogP contribution in [0.5, 0.6) is 0 Å². The Morgan fingerprint density at radius 3 is 2.81 bits per heavy atom. The van der Waals surface area contributed by atoms with Gasteiger partial charge in [-0.25, -0.2) is 14.5 Å². The summed E-state index contributed by atoms with van der Waals surface area (Å²) in [6.45, 7) is 1.36. The van der Waals surface area contributed by atoms with Gasteiger partial charge in [-0.2, -0.15) is 5.10 Å². The lowest BCUT2D eigenvalue weighted by Crippen LogP contribution is -2.54. The van der Waals surface area contributed by atoms with Crippen molar-refractivity contribution >= 4 is 6.03 Å². The molecule has 0 saturated carbocycles. The van der Waals surface area contributed by atoms with Crippen molar-refractivity contribution in [2.45, 2.75) is 19.0 Å². The van der Waals surface area contributed by atoms with Gasteiger partial charge in [-0.3, -0.25) is 0 Å². The van der Waals surface area contributed by atoms with E-state index in [1.165, 1.54) is 17.5 Å². The van der Waals surface area contributed by atoms with Crippen molar-refractivity contribution in [2.24, 2.45) is 5.92 Å². The van der Waals surface area contributed by atoms with Gasteiger partial charge in [0.2, 0.25) is 0 Å². The monoisotopic (exact) mass is 345 g/mol. The van der Waals surface area contributed by atoms with Crippen LogP contribution in [-0.4, -0.2) is 32.2 Å². The van der Waals surface area contributed by atoms with Crippen molar-refractivity contribution < 1.29 is 4.79 Å². The van der Waals surface area contributed by atoms with Crippen LogP contribution in [0.25, 0.3) is 5.69 Å². The molecule has 2 atom stereocenters. The van der Waals surface area contributed by atoms with Crippen LogP contribution in [0.2, 0.25) is 0 Å². The summed E-state index contributed by atoms with van der Waals surface area (Å²) in [5.74, 6) is 0.583. The first-order valence-electron chi connectivity index (χ1n) is 8.86. The van der Waals surface area contributed by atoms with E-state index >= 15 is 0 Å². The number of nitrogens with zero attached hydrogens (tertiary/aromatic N) is 4. The highest BCUT2D eigenvalue weighted by molar-refractivity contribution is 5.76. The highest BCUT2D eigenvalue weighted by Crippen LogP contribution is 2.47. The molecule has 6 nitrogen and oxygen atoms in total. The second kappa shape index (κ2) is 5.98. The fourth-order valence-electron chi connectivity index (χ4n) is 4.07. The SMILES string of the molecule is O=C(NCc1ccc(-n2cncn2)cc1)N1C[C@@H]2Cc3ccccc3[C@@H]21. The third-order valence-corrected chi connectivity index (χ3v) is 5.39. The summed E-state index contributed by atoms with van der Waals surface area (Å²) in [6.07, 6.45) is 4.26. The van der Waals surface area contributed by atoms with Gasteiger partial charge in [0.25, 0.3) is 0 Å². The number of hydrogen-bond donors (Lipinski definition) is 1. The van der Waals surface area contributed by atoms with E-state index in [4.69, 9.17) is 0 Å². The number of carbonyl (C=O) groups is 1. The number of carbonyl (C=O) groups excluding carboxylic acids is 1. The number of hydrogen-bond acceptors (Lipinski definition) is 3. The molecule has 0 spiro atoms. The van der Waals surface area contributed by atoms with Crippen LogP contribution >= 0.6 is 0 Å². The van der Waals surface area contributed by atoms with E-state index < -0.39 is 0 Å². The van der Waals surface area contributed by atoms with Crippen LogP contribution in [0.1, 0.15) is 22.7 Å². The summed E-state index contributed by atoms with van der Waals surface area (Å²) in [5, 5.41) is 7.16. The molecule has 1 saturated heterocycles. The largest absolute Gasteiger partial charge is 0.334 e. The fraction of sp³-hybridized carbons (Fsp3) is 0.250. The number of urea groups is 1. The van der Waals surface area contributed by atoms with E-state index in [-0.39, 0.29) is 12.1 Å². The van der Waals surface area contributed by atoms with E-state index in [0.29, 0.717) is 12.5 Å². The molecule has 2 aliphatic rings. The van der Waals surface area contributed by atoms with Gasteiger partial charge in [0.1, 0.15) is 12.7 Å². The first-order chi connectivity index (χ1) is 12.8. The van der Waals surface area contributed by atoms with E-state index in [2.05, 4.69) is 39.7 Å². The first-order valence-corrected chi connectivity index (χ1v) is 8.86. The number of fused-ring (bicyclic) bond motifs is 3. The molecule has 1 fully saturated rings. The molecule has 1 N–H and O–H groups in total. The predicted molar refractivity (Wildman–Crippen MR) is 96.7 cm³/mol. The van der Waals surface area contributed by atoms with Gasteiger partial charge < -0.3 is 10.2 Å². The number of nitrogens with one attached hydrogen (secondary N) is 1. The molecule has 1 aliphatic heterocycles. The smallest absolute Gasteiger partial charge is 0.318 e. The first kappa shape index (κ1) is 15.1. The third kappa shape index (κ3) is 2.45. The number of rotatable bonds is 3. The lowest BCUT2D eigenvalue weighted by atomic mass is 9.90. The van der Waals surface area contributed by atoms with Crippen molar-refractivity contribution in [2.75, 3.05) is 6.54 Å². The summed E-state index contributed by atoms with van der Waals surface area (Å²) in [6, 6.07) is 16.7. The Bertz CT molecular complexity index is 935. The van der Waals surface area contributed by atoms with E-state index in [1.54, 1.807) is 11.0 Å². The maximum atomic E-state index is 12.6. The molecular weight excluding hydrogens is 326 g/mol. The van der Waals surface area contributed by atoms with Crippen LogP contribution in [0.15, 0.2) is 61.2 Å². The number of likely N-dealkylation sites (tertiary alicyclic amines) is 1. The minimum Gasteiger partial charge on any atom is -0.334 e. The molecule has 0 radical (unpaired) electrons. The summed E-state index contributed by atoms with van der Waals surface area (Å²) in [4.78, 5) is 18.5. The normalized spacial score (nSPS) is 20.2. The number of aromatic nitrogens is 3. The van der Waals surface area contributed by atoms with Crippen LogP contribution in [0.3, 0.4) is 0 Å². The van der Waals surface area contributed by atoms with Crippen molar-refractivity contribution in [3.8, 4) is 5.69 Å². The van der Waals surface area contributed by atoms with Gasteiger partial charge >= 0.3 is 6.03 Å². The Morgan fingerprint density at radius 1 is 1.15 bits per heavy atom. The van der Waals surface area contributed by atoms with Gasteiger partial charge in [0.05, 0.1) is 11.7 Å². The molecule has 6 heteroatoms.